The number of carbonyl (C=O) groups excluding carboxylic acids is 2. The van der Waals surface area contributed by atoms with E-state index in [1.165, 1.54) is 0 Å². The van der Waals surface area contributed by atoms with Crippen LogP contribution in [0.25, 0.3) is 0 Å². The molecule has 0 radical (unpaired) electrons. The summed E-state index contributed by atoms with van der Waals surface area (Å²) in [6.45, 7) is 3.73. The number of aromatic amines is 1. The average Bonchev–Trinajstić information content (AvgIpc) is 3.09. The van der Waals surface area contributed by atoms with E-state index in [0.29, 0.717) is 49.3 Å². The van der Waals surface area contributed by atoms with Crippen LogP contribution >= 0.6 is 11.6 Å². The molecule has 2 N–H and O–H groups in total. The number of carbonyl (C=O) groups is 2. The SMILES string of the molecule is CCOC(=O)N1CCN(C(=O)c2n[nH]nc2Nc2cccc(Cl)c2)CC1. The molecule has 1 aromatic heterocycles. The number of benzene rings is 1. The van der Waals surface area contributed by atoms with E-state index < -0.39 is 0 Å². The molecule has 1 aromatic carbocycles. The number of nitrogens with zero attached hydrogens (tertiary/aromatic N) is 4. The lowest BCUT2D eigenvalue weighted by molar-refractivity contribution is 0.0566. The van der Waals surface area contributed by atoms with Crippen molar-refractivity contribution in [1.82, 2.24) is 25.2 Å². The van der Waals surface area contributed by atoms with E-state index in [9.17, 15) is 9.59 Å². The molecular weight excluding hydrogens is 360 g/mol. The van der Waals surface area contributed by atoms with Crippen LogP contribution in [0.5, 0.6) is 0 Å². The highest BCUT2D eigenvalue weighted by atomic mass is 35.5. The van der Waals surface area contributed by atoms with Gasteiger partial charge in [-0.1, -0.05) is 17.7 Å². The molecule has 10 heteroatoms. The van der Waals surface area contributed by atoms with Crippen LogP contribution in [0.3, 0.4) is 0 Å². The van der Waals surface area contributed by atoms with Crippen LogP contribution in [0, 0.1) is 0 Å². The maximum atomic E-state index is 12.7. The van der Waals surface area contributed by atoms with E-state index in [0.717, 1.165) is 0 Å². The van der Waals surface area contributed by atoms with Gasteiger partial charge in [0.25, 0.3) is 5.91 Å². The first-order valence-electron chi connectivity index (χ1n) is 8.23. The fraction of sp³-hybridized carbons (Fsp3) is 0.375. The largest absolute Gasteiger partial charge is 0.450 e. The number of nitrogens with one attached hydrogen (secondary N) is 2. The van der Waals surface area contributed by atoms with Crippen LogP contribution in [-0.4, -0.2) is 70.0 Å². The molecule has 1 saturated heterocycles. The van der Waals surface area contributed by atoms with Gasteiger partial charge >= 0.3 is 6.09 Å². The summed E-state index contributed by atoms with van der Waals surface area (Å²) < 4.78 is 4.98. The maximum Gasteiger partial charge on any atom is 0.409 e. The monoisotopic (exact) mass is 378 g/mol. The van der Waals surface area contributed by atoms with Gasteiger partial charge in [0.1, 0.15) is 0 Å². The first-order chi connectivity index (χ1) is 12.6. The van der Waals surface area contributed by atoms with Gasteiger partial charge in [0, 0.05) is 36.9 Å². The second-order valence-electron chi connectivity index (χ2n) is 5.63. The molecule has 26 heavy (non-hydrogen) atoms. The lowest BCUT2D eigenvalue weighted by Gasteiger charge is -2.33. The second kappa shape index (κ2) is 8.05. The summed E-state index contributed by atoms with van der Waals surface area (Å²) in [6.07, 6.45) is -0.357. The molecule has 1 aliphatic heterocycles. The molecule has 3 rings (SSSR count). The third kappa shape index (κ3) is 4.05. The summed E-state index contributed by atoms with van der Waals surface area (Å²) in [5.74, 6) is 0.0666. The standard InChI is InChI=1S/C16H19ClN6O3/c1-2-26-16(25)23-8-6-22(7-9-23)15(24)13-14(20-21-19-13)18-12-5-3-4-11(17)10-12/h3-5,10H,2,6-9H2,1H3,(H2,18,19,20,21). The van der Waals surface area contributed by atoms with Crippen molar-refractivity contribution in [2.45, 2.75) is 6.92 Å². The lowest BCUT2D eigenvalue weighted by atomic mass is 10.2. The molecular formula is C16H19ClN6O3. The minimum atomic E-state index is -0.357. The Morgan fingerprint density at radius 3 is 2.65 bits per heavy atom. The van der Waals surface area contributed by atoms with Crippen molar-refractivity contribution < 1.29 is 14.3 Å². The van der Waals surface area contributed by atoms with Crippen LogP contribution in [-0.2, 0) is 4.74 Å². The highest BCUT2D eigenvalue weighted by Gasteiger charge is 2.28. The lowest BCUT2D eigenvalue weighted by Crippen LogP contribution is -2.50. The Morgan fingerprint density at radius 2 is 1.96 bits per heavy atom. The molecule has 0 atom stereocenters. The van der Waals surface area contributed by atoms with Crippen LogP contribution in [0.1, 0.15) is 17.4 Å². The Bertz CT molecular complexity index is 788. The fourth-order valence-electron chi connectivity index (χ4n) is 2.63. The number of anilines is 2. The Hall–Kier alpha value is -2.81. The summed E-state index contributed by atoms with van der Waals surface area (Å²) in [7, 11) is 0. The predicted octanol–water partition coefficient (Wildman–Crippen LogP) is 2.12. The van der Waals surface area contributed by atoms with E-state index in [4.69, 9.17) is 16.3 Å². The van der Waals surface area contributed by atoms with Gasteiger partial charge in [0.15, 0.2) is 11.5 Å². The predicted molar refractivity (Wildman–Crippen MR) is 95.6 cm³/mol. The quantitative estimate of drug-likeness (QED) is 0.844. The van der Waals surface area contributed by atoms with Crippen LogP contribution in [0.15, 0.2) is 24.3 Å². The summed E-state index contributed by atoms with van der Waals surface area (Å²) in [5, 5.41) is 14.0. The van der Waals surface area contributed by atoms with E-state index in [2.05, 4.69) is 20.7 Å². The van der Waals surface area contributed by atoms with Gasteiger partial charge in [-0.25, -0.2) is 4.79 Å². The van der Waals surface area contributed by atoms with Gasteiger partial charge < -0.3 is 19.9 Å². The van der Waals surface area contributed by atoms with E-state index in [-0.39, 0.29) is 17.7 Å². The normalized spacial score (nSPS) is 14.2. The number of rotatable bonds is 4. The minimum absolute atomic E-state index is 0.189. The Labute approximate surface area is 155 Å². The molecule has 1 aliphatic rings. The number of hydrogen-bond acceptors (Lipinski definition) is 6. The first-order valence-corrected chi connectivity index (χ1v) is 8.60. The molecule has 138 valence electrons. The van der Waals surface area contributed by atoms with Gasteiger partial charge in [-0.3, -0.25) is 4.79 Å². The number of amides is 2. The number of halogens is 1. The molecule has 0 aliphatic carbocycles. The summed E-state index contributed by atoms with van der Waals surface area (Å²) in [6, 6.07) is 7.08. The molecule has 0 spiro atoms. The third-order valence-electron chi connectivity index (χ3n) is 3.93. The summed E-state index contributed by atoms with van der Waals surface area (Å²) >= 11 is 5.97. The average molecular weight is 379 g/mol. The zero-order valence-electron chi connectivity index (χ0n) is 14.2. The first kappa shape index (κ1) is 18.0. The Balaban J connectivity index is 1.65. The van der Waals surface area contributed by atoms with Crippen molar-refractivity contribution >= 4 is 35.1 Å². The van der Waals surface area contributed by atoms with Crippen molar-refractivity contribution in [3.63, 3.8) is 0 Å². The molecule has 0 saturated carbocycles. The fourth-order valence-corrected chi connectivity index (χ4v) is 2.82. The minimum Gasteiger partial charge on any atom is -0.450 e. The van der Waals surface area contributed by atoms with Gasteiger partial charge in [0.05, 0.1) is 6.61 Å². The number of hydrogen-bond donors (Lipinski definition) is 2. The Morgan fingerprint density at radius 1 is 1.23 bits per heavy atom. The number of ether oxygens (including phenoxy) is 1. The van der Waals surface area contributed by atoms with Crippen LogP contribution in [0.4, 0.5) is 16.3 Å². The molecule has 9 nitrogen and oxygen atoms in total. The van der Waals surface area contributed by atoms with Crippen molar-refractivity contribution in [1.29, 1.82) is 0 Å². The van der Waals surface area contributed by atoms with Crippen LogP contribution in [0.2, 0.25) is 5.02 Å². The Kier molecular flexibility index (Phi) is 5.57. The van der Waals surface area contributed by atoms with E-state index in [1.807, 2.05) is 6.07 Å². The summed E-state index contributed by atoms with van der Waals surface area (Å²) in [4.78, 5) is 27.7. The zero-order chi connectivity index (χ0) is 18.5. The number of piperazine rings is 1. The van der Waals surface area contributed by atoms with Crippen molar-refractivity contribution in [3.8, 4) is 0 Å². The molecule has 0 unspecified atom stereocenters. The molecule has 2 heterocycles. The van der Waals surface area contributed by atoms with Crippen molar-refractivity contribution in [2.75, 3.05) is 38.1 Å². The van der Waals surface area contributed by atoms with Gasteiger partial charge in [0.2, 0.25) is 0 Å². The smallest absolute Gasteiger partial charge is 0.409 e. The molecule has 0 bridgehead atoms. The highest BCUT2D eigenvalue weighted by molar-refractivity contribution is 6.30. The maximum absolute atomic E-state index is 12.7. The van der Waals surface area contributed by atoms with Crippen molar-refractivity contribution in [2.24, 2.45) is 0 Å². The number of aromatic nitrogens is 3. The second-order valence-corrected chi connectivity index (χ2v) is 6.07. The van der Waals surface area contributed by atoms with Gasteiger partial charge in [-0.05, 0) is 25.1 Å². The molecule has 2 aromatic rings. The van der Waals surface area contributed by atoms with Gasteiger partial charge in [-0.15, -0.1) is 10.2 Å². The summed E-state index contributed by atoms with van der Waals surface area (Å²) in [5.41, 5.74) is 0.891. The van der Waals surface area contributed by atoms with E-state index in [1.54, 1.807) is 34.9 Å². The molecule has 1 fully saturated rings. The van der Waals surface area contributed by atoms with Crippen LogP contribution < -0.4 is 5.32 Å². The van der Waals surface area contributed by atoms with Crippen molar-refractivity contribution in [3.05, 3.63) is 35.0 Å². The highest BCUT2D eigenvalue weighted by Crippen LogP contribution is 2.21. The van der Waals surface area contributed by atoms with E-state index >= 15 is 0 Å². The zero-order valence-corrected chi connectivity index (χ0v) is 15.0. The molecule has 2 amide bonds. The van der Waals surface area contributed by atoms with Gasteiger partial charge in [-0.2, -0.15) is 5.21 Å². The number of H-pyrrole nitrogens is 1. The third-order valence-corrected chi connectivity index (χ3v) is 4.17. The topological polar surface area (TPSA) is 103 Å².